The fourth-order valence-electron chi connectivity index (χ4n) is 6.02. The number of halogens is 7. The summed E-state index contributed by atoms with van der Waals surface area (Å²) < 4.78 is 102. The summed E-state index contributed by atoms with van der Waals surface area (Å²) in [6, 6.07) is 5.84. The molecule has 3 amide bonds. The quantitative estimate of drug-likeness (QED) is 0.201. The number of aliphatic carboxylic acids is 1. The number of imide groups is 1. The molecule has 2 heterocycles. The molecule has 9 nitrogen and oxygen atoms in total. The minimum Gasteiger partial charge on any atom is -0.480 e. The standard InChI is InChI=1S/C36H36F7N3O6/c1-18-11-22(37)9-10-23(18)24-15-26(25-17-46(31(51)52-32(2,3)4)29(48)34(25,7)30(49)50)44-16-27(24)45(8)28(47)33(5,6)19-12-20(35(38,39)40)14-21(13-19)36(41,42)43/h9-16,25H,17H2,1-8H3,(H,49,50). The molecule has 1 fully saturated rings. The van der Waals surface area contributed by atoms with Crippen LogP contribution in [0.15, 0.2) is 48.7 Å². The first kappa shape index (κ1) is 39.8. The van der Waals surface area contributed by atoms with E-state index in [2.05, 4.69) is 4.98 Å². The van der Waals surface area contributed by atoms with E-state index < -0.39 is 87.6 Å². The van der Waals surface area contributed by atoms with E-state index in [1.165, 1.54) is 26.1 Å². The molecule has 52 heavy (non-hydrogen) atoms. The number of nitrogens with zero attached hydrogens (tertiary/aromatic N) is 3. The highest BCUT2D eigenvalue weighted by Gasteiger charge is 2.59. The predicted octanol–water partition coefficient (Wildman–Crippen LogP) is 8.13. The monoisotopic (exact) mass is 739 g/mol. The lowest BCUT2D eigenvalue weighted by Crippen LogP contribution is -2.43. The number of carboxylic acids is 1. The van der Waals surface area contributed by atoms with Crippen LogP contribution in [0.4, 0.5) is 41.2 Å². The van der Waals surface area contributed by atoms with Crippen LogP contribution in [0.1, 0.15) is 75.4 Å². The van der Waals surface area contributed by atoms with Crippen LogP contribution in [0.2, 0.25) is 0 Å². The van der Waals surface area contributed by atoms with Gasteiger partial charge in [0.2, 0.25) is 11.8 Å². The summed E-state index contributed by atoms with van der Waals surface area (Å²) in [6.07, 6.45) is -10.3. The van der Waals surface area contributed by atoms with Gasteiger partial charge in [-0.15, -0.1) is 0 Å². The first-order chi connectivity index (χ1) is 23.6. The molecule has 0 bridgehead atoms. The second-order valence-electron chi connectivity index (χ2n) is 14.3. The third-order valence-electron chi connectivity index (χ3n) is 9.06. The number of carbonyl (C=O) groups is 4. The number of amides is 3. The molecule has 3 aromatic rings. The van der Waals surface area contributed by atoms with Crippen LogP contribution in [-0.2, 0) is 36.9 Å². The summed E-state index contributed by atoms with van der Waals surface area (Å²) >= 11 is 0. The Morgan fingerprint density at radius 3 is 1.92 bits per heavy atom. The Balaban J connectivity index is 1.89. The average Bonchev–Trinajstić information content (AvgIpc) is 3.29. The summed E-state index contributed by atoms with van der Waals surface area (Å²) in [5, 5.41) is 10.3. The van der Waals surface area contributed by atoms with Crippen LogP contribution < -0.4 is 4.90 Å². The molecule has 2 atom stereocenters. The van der Waals surface area contributed by atoms with Crippen LogP contribution in [0, 0.1) is 18.2 Å². The fraction of sp³-hybridized carbons (Fsp3) is 0.417. The number of rotatable bonds is 6. The van der Waals surface area contributed by atoms with E-state index in [0.29, 0.717) is 28.2 Å². The number of ether oxygens (including phenoxy) is 1. The minimum atomic E-state index is -5.17. The lowest BCUT2D eigenvalue weighted by Gasteiger charge is -2.32. The van der Waals surface area contributed by atoms with Gasteiger partial charge >= 0.3 is 24.4 Å². The third kappa shape index (κ3) is 7.46. The van der Waals surface area contributed by atoms with E-state index in [9.17, 15) is 55.0 Å². The van der Waals surface area contributed by atoms with E-state index in [0.717, 1.165) is 44.0 Å². The Morgan fingerprint density at radius 2 is 1.44 bits per heavy atom. The highest BCUT2D eigenvalue weighted by molar-refractivity contribution is 6.10. The van der Waals surface area contributed by atoms with Crippen molar-refractivity contribution in [2.75, 3.05) is 18.5 Å². The number of carboxylic acid groups (broad SMARTS) is 1. The summed E-state index contributed by atoms with van der Waals surface area (Å²) in [4.78, 5) is 59.2. The van der Waals surface area contributed by atoms with E-state index in [1.807, 2.05) is 0 Å². The van der Waals surface area contributed by atoms with Crippen molar-refractivity contribution in [1.29, 1.82) is 0 Å². The van der Waals surface area contributed by atoms with Gasteiger partial charge in [-0.2, -0.15) is 26.3 Å². The van der Waals surface area contributed by atoms with Gasteiger partial charge in [0.25, 0.3) is 0 Å². The number of hydrogen-bond donors (Lipinski definition) is 1. The number of aromatic nitrogens is 1. The van der Waals surface area contributed by atoms with Crippen molar-refractivity contribution in [1.82, 2.24) is 9.88 Å². The number of benzene rings is 2. The molecule has 16 heteroatoms. The second kappa shape index (κ2) is 13.2. The van der Waals surface area contributed by atoms with Crippen molar-refractivity contribution in [2.24, 2.45) is 5.41 Å². The maximum absolute atomic E-state index is 14.2. The number of aryl methyl sites for hydroxylation is 1. The van der Waals surface area contributed by atoms with Gasteiger partial charge in [0.05, 0.1) is 28.4 Å². The highest BCUT2D eigenvalue weighted by atomic mass is 19.4. The number of likely N-dealkylation sites (N-methyl/N-ethyl adjacent to an activating group) is 1. The molecule has 1 aliphatic rings. The molecule has 1 aliphatic heterocycles. The second-order valence-corrected chi connectivity index (χ2v) is 14.3. The number of carbonyl (C=O) groups excluding carboxylic acids is 3. The van der Waals surface area contributed by atoms with Crippen molar-refractivity contribution in [3.8, 4) is 11.1 Å². The Labute approximate surface area is 294 Å². The topological polar surface area (TPSA) is 117 Å². The fourth-order valence-corrected chi connectivity index (χ4v) is 6.02. The molecule has 2 unspecified atom stereocenters. The molecular weight excluding hydrogens is 703 g/mol. The normalized spacial score (nSPS) is 18.4. The zero-order valence-electron chi connectivity index (χ0n) is 29.4. The largest absolute Gasteiger partial charge is 0.480 e. The number of anilines is 1. The summed E-state index contributed by atoms with van der Waals surface area (Å²) in [6.45, 7) is 9.14. The van der Waals surface area contributed by atoms with Crippen molar-refractivity contribution in [3.05, 3.63) is 82.4 Å². The SMILES string of the molecule is Cc1cc(F)ccc1-c1cc(C2CN(C(=O)OC(C)(C)C)C(=O)C2(C)C(=O)O)ncc1N(C)C(=O)C(C)(C)c1cc(C(F)(F)F)cc(C(F)(F)F)c1. The molecule has 2 aromatic carbocycles. The molecule has 0 aliphatic carbocycles. The summed E-state index contributed by atoms with van der Waals surface area (Å²) in [5.74, 6) is -5.51. The first-order valence-electron chi connectivity index (χ1n) is 15.7. The van der Waals surface area contributed by atoms with Crippen LogP contribution in [-0.4, -0.2) is 58.1 Å². The average molecular weight is 740 g/mol. The van der Waals surface area contributed by atoms with Crippen molar-refractivity contribution in [2.45, 2.75) is 77.8 Å². The molecule has 1 saturated heterocycles. The molecule has 0 saturated carbocycles. The molecule has 0 spiro atoms. The molecule has 280 valence electrons. The Bertz CT molecular complexity index is 1920. The van der Waals surface area contributed by atoms with E-state index >= 15 is 0 Å². The van der Waals surface area contributed by atoms with Crippen LogP contribution in [0.5, 0.6) is 0 Å². The zero-order valence-corrected chi connectivity index (χ0v) is 29.4. The van der Waals surface area contributed by atoms with Gasteiger partial charge in [-0.05, 0) is 102 Å². The van der Waals surface area contributed by atoms with Gasteiger partial charge in [0.1, 0.15) is 11.4 Å². The Kier molecular flexibility index (Phi) is 10.1. The smallest absolute Gasteiger partial charge is 0.417 e. The van der Waals surface area contributed by atoms with Crippen LogP contribution in [0.25, 0.3) is 11.1 Å². The first-order valence-corrected chi connectivity index (χ1v) is 15.7. The predicted molar refractivity (Wildman–Crippen MR) is 174 cm³/mol. The maximum atomic E-state index is 14.2. The van der Waals surface area contributed by atoms with Gasteiger partial charge in [-0.3, -0.25) is 19.4 Å². The Morgan fingerprint density at radius 1 is 0.904 bits per heavy atom. The molecule has 1 N–H and O–H groups in total. The van der Waals surface area contributed by atoms with Gasteiger partial charge in [-0.25, -0.2) is 14.1 Å². The number of likely N-dealkylation sites (tertiary alicyclic amines) is 1. The molecule has 1 aromatic heterocycles. The van der Waals surface area contributed by atoms with Crippen molar-refractivity contribution in [3.63, 3.8) is 0 Å². The van der Waals surface area contributed by atoms with Gasteiger partial charge in [0.15, 0.2) is 5.41 Å². The van der Waals surface area contributed by atoms with E-state index in [-0.39, 0.29) is 23.0 Å². The summed E-state index contributed by atoms with van der Waals surface area (Å²) in [7, 11) is 1.21. The third-order valence-corrected chi connectivity index (χ3v) is 9.06. The molecule has 4 rings (SSSR count). The minimum absolute atomic E-state index is 0.0282. The lowest BCUT2D eigenvalue weighted by molar-refractivity contribution is -0.155. The molecule has 0 radical (unpaired) electrons. The van der Waals surface area contributed by atoms with Crippen molar-refractivity contribution < 1.29 is 59.8 Å². The zero-order chi connectivity index (χ0) is 39.5. The van der Waals surface area contributed by atoms with Crippen LogP contribution >= 0.6 is 0 Å². The van der Waals surface area contributed by atoms with Crippen molar-refractivity contribution >= 4 is 29.6 Å². The van der Waals surface area contributed by atoms with Gasteiger partial charge in [-0.1, -0.05) is 6.07 Å². The summed E-state index contributed by atoms with van der Waals surface area (Å²) in [5.41, 5.74) is -8.39. The van der Waals surface area contributed by atoms with Gasteiger partial charge < -0.3 is 14.7 Å². The van der Waals surface area contributed by atoms with E-state index in [4.69, 9.17) is 4.74 Å². The van der Waals surface area contributed by atoms with Gasteiger partial charge in [0, 0.05) is 30.8 Å². The number of pyridine rings is 1. The number of hydrogen-bond acceptors (Lipinski definition) is 6. The number of alkyl halides is 6. The Hall–Kier alpha value is -5.02. The molecular formula is C36H36F7N3O6. The van der Waals surface area contributed by atoms with E-state index in [1.54, 1.807) is 20.8 Å². The maximum Gasteiger partial charge on any atom is 0.417 e. The van der Waals surface area contributed by atoms with Crippen LogP contribution in [0.3, 0.4) is 0 Å². The highest BCUT2D eigenvalue weighted by Crippen LogP contribution is 2.47. The lowest BCUT2D eigenvalue weighted by atomic mass is 9.77.